The van der Waals surface area contributed by atoms with E-state index >= 15 is 0 Å². The first-order chi connectivity index (χ1) is 6.34. The minimum absolute atomic E-state index is 0.172. The molecule has 0 aliphatic carbocycles. The van der Waals surface area contributed by atoms with Gasteiger partial charge in [0.05, 0.1) is 0 Å². The fraction of sp³-hybridized carbons (Fsp3) is 0.500. The van der Waals surface area contributed by atoms with E-state index in [0.717, 1.165) is 12.8 Å². The molecule has 0 spiro atoms. The summed E-state index contributed by atoms with van der Waals surface area (Å²) in [4.78, 5) is 22.3. The molecule has 0 aliphatic heterocycles. The molecule has 0 saturated heterocycles. The van der Waals surface area contributed by atoms with Gasteiger partial charge in [-0.2, -0.15) is 0 Å². The second kappa shape index (κ2) is 5.18. The monoisotopic (exact) mass is 180 g/mol. The summed E-state index contributed by atoms with van der Waals surface area (Å²) < 4.78 is 0. The van der Waals surface area contributed by atoms with Crippen molar-refractivity contribution < 1.29 is 4.79 Å². The Bertz CT molecular complexity index is 262. The minimum atomic E-state index is -0.240. The van der Waals surface area contributed by atoms with Gasteiger partial charge >= 0.3 is 0 Å². The molecule has 0 aromatic carbocycles. The summed E-state index contributed by atoms with van der Waals surface area (Å²) in [7, 11) is 0. The van der Waals surface area contributed by atoms with Crippen molar-refractivity contribution in [2.45, 2.75) is 19.8 Å². The molecular formula is C8H12N4O. The fourth-order valence-electron chi connectivity index (χ4n) is 0.814. The lowest BCUT2D eigenvalue weighted by atomic mass is 10.3. The highest BCUT2D eigenvalue weighted by Crippen LogP contribution is 1.87. The van der Waals surface area contributed by atoms with Gasteiger partial charge in [-0.15, -0.1) is 0 Å². The Balaban J connectivity index is 2.40. The molecule has 1 N–H and O–H groups in total. The SMILES string of the molecule is CCCCNC(=O)c1ncncn1. The van der Waals surface area contributed by atoms with Gasteiger partial charge in [0.1, 0.15) is 12.7 Å². The third-order valence-corrected chi connectivity index (χ3v) is 1.51. The van der Waals surface area contributed by atoms with E-state index < -0.39 is 0 Å². The molecule has 0 unspecified atom stereocenters. The van der Waals surface area contributed by atoms with Crippen LogP contribution in [0, 0.1) is 0 Å². The van der Waals surface area contributed by atoms with E-state index in [2.05, 4.69) is 27.2 Å². The van der Waals surface area contributed by atoms with Gasteiger partial charge in [-0.3, -0.25) is 4.79 Å². The van der Waals surface area contributed by atoms with Gasteiger partial charge in [-0.1, -0.05) is 13.3 Å². The van der Waals surface area contributed by atoms with Crippen LogP contribution in [-0.4, -0.2) is 27.4 Å². The molecule has 5 heteroatoms. The van der Waals surface area contributed by atoms with Crippen LogP contribution in [-0.2, 0) is 0 Å². The quantitative estimate of drug-likeness (QED) is 0.681. The molecule has 1 aromatic rings. The fourth-order valence-corrected chi connectivity index (χ4v) is 0.814. The third-order valence-electron chi connectivity index (χ3n) is 1.51. The van der Waals surface area contributed by atoms with E-state index in [1.807, 2.05) is 0 Å². The van der Waals surface area contributed by atoms with Gasteiger partial charge in [-0.25, -0.2) is 15.0 Å². The summed E-state index contributed by atoms with van der Waals surface area (Å²) in [6.45, 7) is 2.73. The second-order valence-electron chi connectivity index (χ2n) is 2.57. The summed E-state index contributed by atoms with van der Waals surface area (Å²) in [5.41, 5.74) is 0. The highest BCUT2D eigenvalue weighted by Gasteiger charge is 2.05. The van der Waals surface area contributed by atoms with E-state index in [4.69, 9.17) is 0 Å². The largest absolute Gasteiger partial charge is 0.349 e. The molecule has 0 aliphatic rings. The number of unbranched alkanes of at least 4 members (excludes halogenated alkanes) is 1. The molecule has 1 amide bonds. The van der Waals surface area contributed by atoms with Crippen LogP contribution in [0.2, 0.25) is 0 Å². The summed E-state index contributed by atoms with van der Waals surface area (Å²) in [5, 5.41) is 2.71. The smallest absolute Gasteiger partial charge is 0.289 e. The zero-order chi connectivity index (χ0) is 9.52. The highest BCUT2D eigenvalue weighted by molar-refractivity contribution is 5.90. The van der Waals surface area contributed by atoms with Gasteiger partial charge in [0, 0.05) is 6.54 Å². The van der Waals surface area contributed by atoms with E-state index in [1.165, 1.54) is 12.7 Å². The first-order valence-corrected chi connectivity index (χ1v) is 4.24. The van der Waals surface area contributed by atoms with Gasteiger partial charge in [0.2, 0.25) is 5.82 Å². The van der Waals surface area contributed by atoms with Crippen molar-refractivity contribution in [2.24, 2.45) is 0 Å². The number of nitrogens with zero attached hydrogens (tertiary/aromatic N) is 3. The molecule has 1 heterocycles. The number of nitrogens with one attached hydrogen (secondary N) is 1. The van der Waals surface area contributed by atoms with Gasteiger partial charge in [0.15, 0.2) is 0 Å². The molecular weight excluding hydrogens is 168 g/mol. The Labute approximate surface area is 76.6 Å². The summed E-state index contributed by atoms with van der Waals surface area (Å²) >= 11 is 0. The molecule has 0 bridgehead atoms. The van der Waals surface area contributed by atoms with Crippen molar-refractivity contribution in [1.29, 1.82) is 0 Å². The van der Waals surface area contributed by atoms with Crippen LogP contribution in [0.1, 0.15) is 30.4 Å². The molecule has 0 radical (unpaired) electrons. The number of carbonyl (C=O) groups is 1. The molecule has 5 nitrogen and oxygen atoms in total. The van der Waals surface area contributed by atoms with Crippen LogP contribution in [0.25, 0.3) is 0 Å². The minimum Gasteiger partial charge on any atom is -0.349 e. The zero-order valence-corrected chi connectivity index (χ0v) is 7.53. The number of amides is 1. The average Bonchev–Trinajstić information content (AvgIpc) is 2.19. The lowest BCUT2D eigenvalue weighted by molar-refractivity contribution is 0.0942. The maximum absolute atomic E-state index is 11.3. The molecule has 0 atom stereocenters. The van der Waals surface area contributed by atoms with Crippen LogP contribution >= 0.6 is 0 Å². The van der Waals surface area contributed by atoms with Crippen LogP contribution < -0.4 is 5.32 Å². The van der Waals surface area contributed by atoms with Crippen molar-refractivity contribution in [3.8, 4) is 0 Å². The predicted molar refractivity (Wildman–Crippen MR) is 47.1 cm³/mol. The Morgan fingerprint density at radius 2 is 2.15 bits per heavy atom. The van der Waals surface area contributed by atoms with Crippen molar-refractivity contribution in [1.82, 2.24) is 20.3 Å². The molecule has 1 rings (SSSR count). The van der Waals surface area contributed by atoms with Crippen LogP contribution in [0.3, 0.4) is 0 Å². The number of rotatable bonds is 4. The molecule has 13 heavy (non-hydrogen) atoms. The van der Waals surface area contributed by atoms with Gasteiger partial charge < -0.3 is 5.32 Å². The van der Waals surface area contributed by atoms with Crippen molar-refractivity contribution in [3.05, 3.63) is 18.5 Å². The van der Waals surface area contributed by atoms with E-state index in [-0.39, 0.29) is 11.7 Å². The standard InChI is InChI=1S/C8H12N4O/c1-2-3-4-10-8(13)7-11-5-9-6-12-7/h5-6H,2-4H2,1H3,(H,10,13). The summed E-state index contributed by atoms with van der Waals surface area (Å²) in [5.74, 6) is -0.0676. The maximum Gasteiger partial charge on any atom is 0.289 e. The Morgan fingerprint density at radius 1 is 1.46 bits per heavy atom. The first-order valence-electron chi connectivity index (χ1n) is 4.24. The van der Waals surface area contributed by atoms with E-state index in [0.29, 0.717) is 6.54 Å². The van der Waals surface area contributed by atoms with E-state index in [1.54, 1.807) is 0 Å². The van der Waals surface area contributed by atoms with E-state index in [9.17, 15) is 4.79 Å². The molecule has 70 valence electrons. The summed E-state index contributed by atoms with van der Waals surface area (Å²) in [6.07, 6.45) is 4.64. The first kappa shape index (κ1) is 9.57. The topological polar surface area (TPSA) is 67.8 Å². The maximum atomic E-state index is 11.3. The number of hydrogen-bond donors (Lipinski definition) is 1. The lowest BCUT2D eigenvalue weighted by Gasteiger charge is -2.00. The van der Waals surface area contributed by atoms with Crippen molar-refractivity contribution >= 4 is 5.91 Å². The highest BCUT2D eigenvalue weighted by atomic mass is 16.2. The van der Waals surface area contributed by atoms with Crippen molar-refractivity contribution in [2.75, 3.05) is 6.54 Å². The molecule has 0 saturated carbocycles. The van der Waals surface area contributed by atoms with Crippen LogP contribution in [0.15, 0.2) is 12.7 Å². The normalized spacial score (nSPS) is 9.62. The van der Waals surface area contributed by atoms with Gasteiger partial charge in [-0.05, 0) is 6.42 Å². The third kappa shape index (κ3) is 3.14. The summed E-state index contributed by atoms with van der Waals surface area (Å²) in [6, 6.07) is 0. The molecule has 0 fully saturated rings. The second-order valence-corrected chi connectivity index (χ2v) is 2.57. The number of aromatic nitrogens is 3. The van der Waals surface area contributed by atoms with Crippen LogP contribution in [0.4, 0.5) is 0 Å². The Kier molecular flexibility index (Phi) is 3.81. The number of hydrogen-bond acceptors (Lipinski definition) is 4. The average molecular weight is 180 g/mol. The predicted octanol–water partition coefficient (Wildman–Crippen LogP) is 0.402. The van der Waals surface area contributed by atoms with Gasteiger partial charge in [0.25, 0.3) is 5.91 Å². The van der Waals surface area contributed by atoms with Crippen molar-refractivity contribution in [3.63, 3.8) is 0 Å². The Hall–Kier alpha value is -1.52. The number of carbonyl (C=O) groups excluding carboxylic acids is 1. The van der Waals surface area contributed by atoms with Crippen LogP contribution in [0.5, 0.6) is 0 Å². The zero-order valence-electron chi connectivity index (χ0n) is 7.53. The molecule has 1 aromatic heterocycles. The Morgan fingerprint density at radius 3 is 2.77 bits per heavy atom. The lowest BCUT2D eigenvalue weighted by Crippen LogP contribution is -2.26.